The molecular formula is C33H38N2O3S. The molecule has 0 N–H and O–H groups in total. The molecule has 0 atom stereocenters. The Morgan fingerprint density at radius 2 is 1.72 bits per heavy atom. The van der Waals surface area contributed by atoms with Crippen LogP contribution in [-0.2, 0) is 11.3 Å². The topological polar surface area (TPSA) is 51.7 Å². The van der Waals surface area contributed by atoms with Crippen LogP contribution < -0.4 is 14.4 Å². The molecule has 0 aliphatic heterocycles. The van der Waals surface area contributed by atoms with Crippen LogP contribution in [0, 0.1) is 12.3 Å². The highest BCUT2D eigenvalue weighted by molar-refractivity contribution is 7.98. The van der Waals surface area contributed by atoms with Crippen molar-refractivity contribution >= 4 is 34.3 Å². The number of rotatable bonds is 10. The summed E-state index contributed by atoms with van der Waals surface area (Å²) in [4.78, 5) is 20.2. The minimum atomic E-state index is -0.145. The second kappa shape index (κ2) is 12.6. The third kappa shape index (κ3) is 7.33. The van der Waals surface area contributed by atoms with Gasteiger partial charge in [0.05, 0.1) is 20.3 Å². The van der Waals surface area contributed by atoms with Crippen molar-refractivity contribution in [1.29, 1.82) is 0 Å². The molecule has 0 fully saturated rings. The van der Waals surface area contributed by atoms with Crippen molar-refractivity contribution in [3.63, 3.8) is 0 Å². The van der Waals surface area contributed by atoms with E-state index in [1.54, 1.807) is 25.1 Å². The van der Waals surface area contributed by atoms with Crippen LogP contribution in [0.1, 0.15) is 38.3 Å². The van der Waals surface area contributed by atoms with E-state index in [-0.39, 0.29) is 11.3 Å². The van der Waals surface area contributed by atoms with E-state index in [0.717, 1.165) is 50.3 Å². The summed E-state index contributed by atoms with van der Waals surface area (Å²) >= 11 is 1.76. The third-order valence-corrected chi connectivity index (χ3v) is 7.11. The van der Waals surface area contributed by atoms with E-state index in [0.29, 0.717) is 25.4 Å². The van der Waals surface area contributed by atoms with E-state index in [1.807, 2.05) is 42.2 Å². The number of amides is 1. The molecule has 204 valence electrons. The number of aryl methyl sites for hydroxylation is 1. The molecule has 1 heterocycles. The Hall–Kier alpha value is -3.51. The first kappa shape index (κ1) is 28.5. The predicted molar refractivity (Wildman–Crippen MR) is 164 cm³/mol. The number of carbonyl (C=O) groups is 1. The van der Waals surface area contributed by atoms with E-state index in [4.69, 9.17) is 14.5 Å². The van der Waals surface area contributed by atoms with Gasteiger partial charge in [0.15, 0.2) is 0 Å². The van der Waals surface area contributed by atoms with Crippen LogP contribution >= 0.6 is 11.8 Å². The number of methoxy groups -OCH3 is 1. The molecule has 6 heteroatoms. The average molecular weight is 543 g/mol. The Morgan fingerprint density at radius 1 is 0.974 bits per heavy atom. The number of ether oxygens (including phenoxy) is 2. The van der Waals surface area contributed by atoms with Gasteiger partial charge in [0.25, 0.3) is 0 Å². The second-order valence-corrected chi connectivity index (χ2v) is 11.9. The van der Waals surface area contributed by atoms with Crippen LogP contribution in [-0.4, -0.2) is 36.6 Å². The van der Waals surface area contributed by atoms with Crippen molar-refractivity contribution in [2.24, 2.45) is 5.41 Å². The second-order valence-electron chi connectivity index (χ2n) is 11.0. The van der Waals surface area contributed by atoms with Gasteiger partial charge in [-0.1, -0.05) is 51.1 Å². The largest absolute Gasteiger partial charge is 0.496 e. The number of pyridine rings is 1. The van der Waals surface area contributed by atoms with Gasteiger partial charge in [-0.25, -0.2) is 4.98 Å². The fourth-order valence-electron chi connectivity index (χ4n) is 4.56. The molecule has 0 radical (unpaired) electrons. The summed E-state index contributed by atoms with van der Waals surface area (Å²) in [5, 5.41) is 1.93. The summed E-state index contributed by atoms with van der Waals surface area (Å²) in [6.45, 7) is 9.41. The van der Waals surface area contributed by atoms with Gasteiger partial charge in [0.2, 0.25) is 5.91 Å². The molecule has 5 nitrogen and oxygen atoms in total. The molecule has 1 amide bonds. The van der Waals surface area contributed by atoms with E-state index in [9.17, 15) is 4.79 Å². The van der Waals surface area contributed by atoms with Gasteiger partial charge >= 0.3 is 0 Å². The van der Waals surface area contributed by atoms with Gasteiger partial charge in [0, 0.05) is 23.8 Å². The van der Waals surface area contributed by atoms with E-state index >= 15 is 0 Å². The average Bonchev–Trinajstić information content (AvgIpc) is 2.91. The number of fused-ring (bicyclic) bond motifs is 1. The van der Waals surface area contributed by atoms with Crippen molar-refractivity contribution in [1.82, 2.24) is 4.98 Å². The molecular weight excluding hydrogens is 504 g/mol. The summed E-state index contributed by atoms with van der Waals surface area (Å²) in [7, 11) is 1.69. The lowest BCUT2D eigenvalue weighted by Crippen LogP contribution is -2.34. The molecule has 4 aromatic rings. The first-order valence-corrected chi connectivity index (χ1v) is 14.6. The number of aromatic nitrogens is 1. The smallest absolute Gasteiger partial charge is 0.229 e. The van der Waals surface area contributed by atoms with E-state index in [2.05, 4.69) is 63.4 Å². The number of hydrogen-bond donors (Lipinski definition) is 0. The number of carbonyl (C=O) groups excluding carboxylic acids is 1. The fraction of sp³-hybridized carbons (Fsp3) is 0.333. The molecule has 0 saturated heterocycles. The maximum atomic E-state index is 13.7. The van der Waals surface area contributed by atoms with Crippen LogP contribution in [0.5, 0.6) is 11.5 Å². The molecule has 1 aromatic heterocycles. The van der Waals surface area contributed by atoms with Crippen LogP contribution in [0.25, 0.3) is 21.9 Å². The Morgan fingerprint density at radius 3 is 2.38 bits per heavy atom. The summed E-state index contributed by atoms with van der Waals surface area (Å²) in [6.07, 6.45) is 4.26. The van der Waals surface area contributed by atoms with Crippen LogP contribution in [0.4, 0.5) is 5.82 Å². The monoisotopic (exact) mass is 542 g/mol. The molecule has 3 aromatic carbocycles. The lowest BCUT2D eigenvalue weighted by molar-refractivity contribution is -0.120. The van der Waals surface area contributed by atoms with Gasteiger partial charge < -0.3 is 9.47 Å². The number of thioether (sulfide) groups is 1. The van der Waals surface area contributed by atoms with Gasteiger partial charge in [-0.2, -0.15) is 11.8 Å². The maximum Gasteiger partial charge on any atom is 0.229 e. The number of anilines is 1. The molecule has 4 rings (SSSR count). The summed E-state index contributed by atoms with van der Waals surface area (Å²) in [6, 6.07) is 22.6. The quantitative estimate of drug-likeness (QED) is 0.191. The van der Waals surface area contributed by atoms with Gasteiger partial charge in [-0.3, -0.25) is 9.69 Å². The van der Waals surface area contributed by atoms with Crippen LogP contribution in [0.15, 0.2) is 72.9 Å². The highest BCUT2D eigenvalue weighted by atomic mass is 32.2. The minimum Gasteiger partial charge on any atom is -0.496 e. The highest BCUT2D eigenvalue weighted by Gasteiger charge is 2.25. The lowest BCUT2D eigenvalue weighted by Gasteiger charge is -2.27. The van der Waals surface area contributed by atoms with Crippen molar-refractivity contribution in [2.75, 3.05) is 30.6 Å². The number of hydrogen-bond acceptors (Lipinski definition) is 5. The standard InChI is InChI=1S/C33H38N2O3S/c1-23-19-26(11-14-30(23)37-5)25-9-7-24(8-10-25)22-35(31(36)21-33(2,3)4)32-29-13-12-28(38-17-18-39-6)20-27(29)15-16-34-32/h7-16,19-20H,17-18,21-22H2,1-6H3. The fourth-order valence-corrected chi connectivity index (χ4v) is 4.81. The highest BCUT2D eigenvalue weighted by Crippen LogP contribution is 2.32. The van der Waals surface area contributed by atoms with Crippen LogP contribution in [0.3, 0.4) is 0 Å². The van der Waals surface area contributed by atoms with Gasteiger partial charge in [-0.05, 0) is 82.6 Å². The van der Waals surface area contributed by atoms with Crippen molar-refractivity contribution in [2.45, 2.75) is 40.7 Å². The number of benzene rings is 3. The molecule has 0 aliphatic rings. The Kier molecular flexibility index (Phi) is 9.18. The Bertz CT molecular complexity index is 1430. The third-order valence-electron chi connectivity index (χ3n) is 6.53. The molecule has 0 spiro atoms. The first-order valence-electron chi connectivity index (χ1n) is 13.2. The first-order chi connectivity index (χ1) is 18.7. The zero-order valence-electron chi connectivity index (χ0n) is 23.8. The summed E-state index contributed by atoms with van der Waals surface area (Å²) in [5.41, 5.74) is 4.25. The van der Waals surface area contributed by atoms with E-state index < -0.39 is 0 Å². The maximum absolute atomic E-state index is 13.7. The van der Waals surface area contributed by atoms with Gasteiger partial charge in [-0.15, -0.1) is 0 Å². The minimum absolute atomic E-state index is 0.0534. The van der Waals surface area contributed by atoms with Gasteiger partial charge in [0.1, 0.15) is 17.3 Å². The Balaban J connectivity index is 1.65. The SMILES string of the molecule is COc1ccc(-c2ccc(CN(C(=O)CC(C)(C)C)c3nccc4cc(OCCSC)ccc34)cc2)cc1C. The predicted octanol–water partition coefficient (Wildman–Crippen LogP) is 7.93. The number of nitrogens with zero attached hydrogens (tertiary/aromatic N) is 2. The van der Waals surface area contributed by atoms with Crippen molar-refractivity contribution in [3.8, 4) is 22.6 Å². The lowest BCUT2D eigenvalue weighted by atomic mass is 9.91. The van der Waals surface area contributed by atoms with E-state index in [1.165, 1.54) is 0 Å². The zero-order chi connectivity index (χ0) is 28.0. The van der Waals surface area contributed by atoms with Crippen molar-refractivity contribution in [3.05, 3.63) is 84.1 Å². The molecule has 39 heavy (non-hydrogen) atoms. The molecule has 0 bridgehead atoms. The summed E-state index contributed by atoms with van der Waals surface area (Å²) < 4.78 is 11.3. The normalized spacial score (nSPS) is 11.4. The Labute approximate surface area is 236 Å². The zero-order valence-corrected chi connectivity index (χ0v) is 24.6. The van der Waals surface area contributed by atoms with Crippen LogP contribution in [0.2, 0.25) is 0 Å². The molecule has 0 saturated carbocycles. The molecule has 0 unspecified atom stereocenters. The van der Waals surface area contributed by atoms with Crippen molar-refractivity contribution < 1.29 is 14.3 Å². The molecule has 0 aliphatic carbocycles. The summed E-state index contributed by atoms with van der Waals surface area (Å²) in [5.74, 6) is 3.37.